The lowest BCUT2D eigenvalue weighted by molar-refractivity contribution is 0.0528. The fourth-order valence-corrected chi connectivity index (χ4v) is 3.10. The minimum absolute atomic E-state index is 0.289. The number of rotatable bonds is 5. The van der Waals surface area contributed by atoms with Gasteiger partial charge in [-0.2, -0.15) is 0 Å². The molecule has 0 unspecified atom stereocenters. The lowest BCUT2D eigenvalue weighted by Crippen LogP contribution is -2.32. The van der Waals surface area contributed by atoms with Crippen molar-refractivity contribution in [3.8, 4) is 0 Å². The second-order valence-corrected chi connectivity index (χ2v) is 5.73. The van der Waals surface area contributed by atoms with Crippen molar-refractivity contribution >= 4 is 17.0 Å². The van der Waals surface area contributed by atoms with E-state index in [0.717, 1.165) is 24.1 Å². The van der Waals surface area contributed by atoms with Gasteiger partial charge in [0.1, 0.15) is 11.1 Å². The third-order valence-corrected chi connectivity index (χ3v) is 4.24. The van der Waals surface area contributed by atoms with E-state index < -0.39 is 0 Å². The summed E-state index contributed by atoms with van der Waals surface area (Å²) in [6, 6.07) is 3.93. The Morgan fingerprint density at radius 3 is 2.86 bits per heavy atom. The predicted molar refractivity (Wildman–Crippen MR) is 86.0 cm³/mol. The number of fused-ring (bicyclic) bond motifs is 1. The number of aromatic nitrogens is 2. The van der Waals surface area contributed by atoms with Crippen molar-refractivity contribution in [2.45, 2.75) is 32.7 Å². The molecule has 3 heterocycles. The van der Waals surface area contributed by atoms with Gasteiger partial charge >= 0.3 is 5.97 Å². The van der Waals surface area contributed by atoms with Crippen LogP contribution in [0.2, 0.25) is 0 Å². The highest BCUT2D eigenvalue weighted by atomic mass is 16.5. The molecule has 1 aliphatic heterocycles. The molecule has 1 saturated heterocycles. The zero-order chi connectivity index (χ0) is 15.4. The highest BCUT2D eigenvalue weighted by molar-refractivity contribution is 6.02. The van der Waals surface area contributed by atoms with Gasteiger partial charge in [0.25, 0.3) is 0 Å². The van der Waals surface area contributed by atoms with Crippen LogP contribution in [0.3, 0.4) is 0 Å². The first-order valence-corrected chi connectivity index (χ1v) is 8.13. The van der Waals surface area contributed by atoms with Crippen molar-refractivity contribution in [3.05, 3.63) is 30.1 Å². The van der Waals surface area contributed by atoms with E-state index in [1.54, 1.807) is 6.20 Å². The van der Waals surface area contributed by atoms with Gasteiger partial charge in [0, 0.05) is 25.5 Å². The fraction of sp³-hybridized carbons (Fsp3) is 0.529. The number of ether oxygens (including phenoxy) is 1. The number of esters is 1. The molecule has 0 radical (unpaired) electrons. The fourth-order valence-electron chi connectivity index (χ4n) is 3.10. The quantitative estimate of drug-likeness (QED) is 0.797. The SMILES string of the molecule is CCOC(=O)c1cn(CCN2CCCCC2)c2cccnc12. The van der Waals surface area contributed by atoms with Crippen molar-refractivity contribution in [3.63, 3.8) is 0 Å². The first-order chi connectivity index (χ1) is 10.8. The number of pyridine rings is 1. The molecule has 0 saturated carbocycles. The molecule has 0 aromatic carbocycles. The van der Waals surface area contributed by atoms with Crippen LogP contribution in [0.15, 0.2) is 24.5 Å². The first kappa shape index (κ1) is 15.0. The molecule has 0 spiro atoms. The van der Waals surface area contributed by atoms with Crippen LogP contribution in [0.1, 0.15) is 36.5 Å². The average Bonchev–Trinajstić information content (AvgIpc) is 2.93. The molecule has 118 valence electrons. The Morgan fingerprint density at radius 2 is 2.09 bits per heavy atom. The van der Waals surface area contributed by atoms with Gasteiger partial charge < -0.3 is 14.2 Å². The van der Waals surface area contributed by atoms with Gasteiger partial charge in [-0.05, 0) is 45.0 Å². The summed E-state index contributed by atoms with van der Waals surface area (Å²) in [5.41, 5.74) is 2.30. The summed E-state index contributed by atoms with van der Waals surface area (Å²) in [6.45, 7) is 6.46. The van der Waals surface area contributed by atoms with Crippen molar-refractivity contribution in [1.82, 2.24) is 14.5 Å². The second-order valence-electron chi connectivity index (χ2n) is 5.73. The molecule has 0 amide bonds. The van der Waals surface area contributed by atoms with Crippen LogP contribution in [-0.4, -0.2) is 46.7 Å². The zero-order valence-corrected chi connectivity index (χ0v) is 13.1. The number of nitrogens with zero attached hydrogens (tertiary/aromatic N) is 3. The van der Waals surface area contributed by atoms with E-state index in [-0.39, 0.29) is 5.97 Å². The Balaban J connectivity index is 1.81. The van der Waals surface area contributed by atoms with Gasteiger partial charge in [-0.3, -0.25) is 4.98 Å². The molecule has 0 atom stereocenters. The molecule has 5 heteroatoms. The van der Waals surface area contributed by atoms with E-state index in [2.05, 4.69) is 14.5 Å². The minimum atomic E-state index is -0.289. The number of hydrogen-bond acceptors (Lipinski definition) is 4. The summed E-state index contributed by atoms with van der Waals surface area (Å²) >= 11 is 0. The Labute approximate surface area is 130 Å². The van der Waals surface area contributed by atoms with Crippen LogP contribution in [-0.2, 0) is 11.3 Å². The molecule has 0 bridgehead atoms. The van der Waals surface area contributed by atoms with Gasteiger partial charge in [-0.25, -0.2) is 4.79 Å². The van der Waals surface area contributed by atoms with E-state index in [1.807, 2.05) is 25.3 Å². The number of carbonyl (C=O) groups excluding carboxylic acids is 1. The topological polar surface area (TPSA) is 47.4 Å². The normalized spacial score (nSPS) is 16.0. The highest BCUT2D eigenvalue weighted by Crippen LogP contribution is 2.20. The maximum Gasteiger partial charge on any atom is 0.341 e. The van der Waals surface area contributed by atoms with E-state index in [0.29, 0.717) is 12.2 Å². The van der Waals surface area contributed by atoms with Gasteiger partial charge in [0.2, 0.25) is 0 Å². The van der Waals surface area contributed by atoms with Gasteiger partial charge in [0.05, 0.1) is 12.1 Å². The van der Waals surface area contributed by atoms with E-state index in [1.165, 1.54) is 32.4 Å². The van der Waals surface area contributed by atoms with Crippen LogP contribution in [0.4, 0.5) is 0 Å². The van der Waals surface area contributed by atoms with E-state index in [4.69, 9.17) is 4.74 Å². The van der Waals surface area contributed by atoms with E-state index >= 15 is 0 Å². The van der Waals surface area contributed by atoms with Crippen LogP contribution < -0.4 is 0 Å². The Kier molecular flexibility index (Phi) is 4.73. The minimum Gasteiger partial charge on any atom is -0.462 e. The zero-order valence-electron chi connectivity index (χ0n) is 13.1. The molecule has 2 aromatic rings. The molecule has 3 rings (SSSR count). The third-order valence-electron chi connectivity index (χ3n) is 4.24. The van der Waals surface area contributed by atoms with Crippen LogP contribution in [0.25, 0.3) is 11.0 Å². The molecular formula is C17H23N3O2. The van der Waals surface area contributed by atoms with Gasteiger partial charge in [-0.15, -0.1) is 0 Å². The summed E-state index contributed by atoms with van der Waals surface area (Å²) in [5, 5.41) is 0. The summed E-state index contributed by atoms with van der Waals surface area (Å²) < 4.78 is 7.27. The van der Waals surface area contributed by atoms with Gasteiger partial charge in [0.15, 0.2) is 0 Å². The van der Waals surface area contributed by atoms with Crippen molar-refractivity contribution in [2.24, 2.45) is 0 Å². The number of piperidine rings is 1. The summed E-state index contributed by atoms with van der Waals surface area (Å²) in [7, 11) is 0. The van der Waals surface area contributed by atoms with Crippen molar-refractivity contribution in [2.75, 3.05) is 26.2 Å². The molecular weight excluding hydrogens is 278 g/mol. The number of hydrogen-bond donors (Lipinski definition) is 0. The summed E-state index contributed by atoms with van der Waals surface area (Å²) in [6.07, 6.45) is 7.55. The van der Waals surface area contributed by atoms with Crippen LogP contribution in [0.5, 0.6) is 0 Å². The monoisotopic (exact) mass is 301 g/mol. The van der Waals surface area contributed by atoms with E-state index in [9.17, 15) is 4.79 Å². The van der Waals surface area contributed by atoms with Crippen molar-refractivity contribution < 1.29 is 9.53 Å². The standard InChI is InChI=1S/C17H23N3O2/c1-2-22-17(21)14-13-20(15-7-6-8-18-16(14)15)12-11-19-9-4-3-5-10-19/h6-8,13H,2-5,9-12H2,1H3. The molecule has 2 aromatic heterocycles. The Hall–Kier alpha value is -1.88. The lowest BCUT2D eigenvalue weighted by Gasteiger charge is -2.26. The molecule has 22 heavy (non-hydrogen) atoms. The van der Waals surface area contributed by atoms with Crippen LogP contribution in [0, 0.1) is 0 Å². The number of likely N-dealkylation sites (tertiary alicyclic amines) is 1. The Bertz CT molecular complexity index is 644. The maximum absolute atomic E-state index is 12.1. The average molecular weight is 301 g/mol. The Morgan fingerprint density at radius 1 is 1.27 bits per heavy atom. The largest absolute Gasteiger partial charge is 0.462 e. The maximum atomic E-state index is 12.1. The summed E-state index contributed by atoms with van der Waals surface area (Å²) in [4.78, 5) is 19.0. The molecule has 0 N–H and O–H groups in total. The number of carbonyl (C=O) groups is 1. The third kappa shape index (κ3) is 3.14. The molecule has 0 aliphatic carbocycles. The summed E-state index contributed by atoms with van der Waals surface area (Å²) in [5.74, 6) is -0.289. The molecule has 1 fully saturated rings. The second kappa shape index (κ2) is 6.92. The van der Waals surface area contributed by atoms with Gasteiger partial charge in [-0.1, -0.05) is 6.42 Å². The lowest BCUT2D eigenvalue weighted by atomic mass is 10.1. The smallest absolute Gasteiger partial charge is 0.341 e. The van der Waals surface area contributed by atoms with Crippen LogP contribution >= 0.6 is 0 Å². The molecule has 5 nitrogen and oxygen atoms in total. The first-order valence-electron chi connectivity index (χ1n) is 8.13. The predicted octanol–water partition coefficient (Wildman–Crippen LogP) is 2.70. The molecule has 1 aliphatic rings. The highest BCUT2D eigenvalue weighted by Gasteiger charge is 2.17. The van der Waals surface area contributed by atoms with Crippen molar-refractivity contribution in [1.29, 1.82) is 0 Å².